The fraction of sp³-hybridized carbons (Fsp3) is 0.105. The highest BCUT2D eigenvalue weighted by Gasteiger charge is 2.30. The van der Waals surface area contributed by atoms with Gasteiger partial charge in [-0.15, -0.1) is 0 Å². The molecule has 10 heteroatoms. The first kappa shape index (κ1) is 20.4. The Bertz CT molecular complexity index is 1190. The third-order valence-electron chi connectivity index (χ3n) is 4.07. The van der Waals surface area contributed by atoms with Gasteiger partial charge in [-0.1, -0.05) is 18.2 Å². The van der Waals surface area contributed by atoms with Crippen molar-refractivity contribution in [1.82, 2.24) is 4.98 Å². The molecule has 2 aromatic carbocycles. The number of H-pyrrole nitrogens is 1. The van der Waals surface area contributed by atoms with E-state index in [1.807, 2.05) is 0 Å². The van der Waals surface area contributed by atoms with Crippen LogP contribution in [0.15, 0.2) is 59.8 Å². The SMILES string of the molecule is N#Cc1ccc(NS(=O)(=O)c2c[nH]cc2Cc2cccc(C(F)(F)F)c2)c(F)c1. The van der Waals surface area contributed by atoms with Crippen LogP contribution in [0.2, 0.25) is 0 Å². The molecule has 150 valence electrons. The van der Waals surface area contributed by atoms with Crippen LogP contribution in [0, 0.1) is 17.1 Å². The first-order valence-electron chi connectivity index (χ1n) is 8.14. The van der Waals surface area contributed by atoms with Gasteiger partial charge in [-0.05, 0) is 35.4 Å². The zero-order valence-electron chi connectivity index (χ0n) is 14.6. The molecule has 29 heavy (non-hydrogen) atoms. The van der Waals surface area contributed by atoms with Gasteiger partial charge in [-0.3, -0.25) is 4.72 Å². The fourth-order valence-electron chi connectivity index (χ4n) is 2.71. The molecule has 1 heterocycles. The van der Waals surface area contributed by atoms with E-state index < -0.39 is 27.6 Å². The molecule has 3 aromatic rings. The summed E-state index contributed by atoms with van der Waals surface area (Å²) in [6.07, 6.45) is -2.09. The molecule has 0 unspecified atom stereocenters. The number of nitrogens with one attached hydrogen (secondary N) is 2. The lowest BCUT2D eigenvalue weighted by Gasteiger charge is -2.11. The molecular formula is C19H13F4N3O2S. The van der Waals surface area contributed by atoms with E-state index in [-0.39, 0.29) is 33.7 Å². The Labute approximate surface area is 163 Å². The predicted molar refractivity (Wildman–Crippen MR) is 97.0 cm³/mol. The van der Waals surface area contributed by atoms with Gasteiger partial charge >= 0.3 is 6.18 Å². The molecule has 5 nitrogen and oxygen atoms in total. The Hall–Kier alpha value is -3.32. The topological polar surface area (TPSA) is 85.8 Å². The van der Waals surface area contributed by atoms with Gasteiger partial charge in [-0.25, -0.2) is 12.8 Å². The average molecular weight is 423 g/mol. The molecule has 0 spiro atoms. The molecule has 0 aliphatic heterocycles. The van der Waals surface area contributed by atoms with Gasteiger partial charge < -0.3 is 4.98 Å². The standard InChI is InChI=1S/C19H13F4N3O2S/c20-16-8-13(9-24)4-5-17(16)26-29(27,28)18-11-25-10-14(18)6-12-2-1-3-15(7-12)19(21,22)23/h1-5,7-8,10-11,25-26H,6H2. The van der Waals surface area contributed by atoms with E-state index in [4.69, 9.17) is 5.26 Å². The van der Waals surface area contributed by atoms with Crippen molar-refractivity contribution in [2.45, 2.75) is 17.5 Å². The number of anilines is 1. The van der Waals surface area contributed by atoms with E-state index in [2.05, 4.69) is 9.71 Å². The molecule has 0 aliphatic carbocycles. The van der Waals surface area contributed by atoms with Crippen molar-refractivity contribution in [1.29, 1.82) is 5.26 Å². The second-order valence-electron chi connectivity index (χ2n) is 6.13. The van der Waals surface area contributed by atoms with Crippen LogP contribution < -0.4 is 4.72 Å². The monoisotopic (exact) mass is 423 g/mol. The number of sulfonamides is 1. The second kappa shape index (κ2) is 7.60. The number of nitriles is 1. The van der Waals surface area contributed by atoms with Crippen LogP contribution >= 0.6 is 0 Å². The highest BCUT2D eigenvalue weighted by atomic mass is 32.2. The fourth-order valence-corrected chi connectivity index (χ4v) is 3.98. The number of nitrogens with zero attached hydrogens (tertiary/aromatic N) is 1. The molecule has 0 amide bonds. The lowest BCUT2D eigenvalue weighted by Crippen LogP contribution is -2.15. The van der Waals surface area contributed by atoms with E-state index >= 15 is 0 Å². The predicted octanol–water partition coefficient (Wildman–Crippen LogP) is 4.44. The van der Waals surface area contributed by atoms with Crippen LogP contribution in [0.3, 0.4) is 0 Å². The number of aromatic amines is 1. The number of benzene rings is 2. The summed E-state index contributed by atoms with van der Waals surface area (Å²) in [5.41, 5.74) is -0.688. The van der Waals surface area contributed by atoms with Crippen molar-refractivity contribution in [3.63, 3.8) is 0 Å². The third-order valence-corrected chi connectivity index (χ3v) is 5.52. The Balaban J connectivity index is 1.89. The van der Waals surface area contributed by atoms with Gasteiger partial charge in [0.15, 0.2) is 0 Å². The summed E-state index contributed by atoms with van der Waals surface area (Å²) in [7, 11) is -4.23. The zero-order valence-corrected chi connectivity index (χ0v) is 15.4. The van der Waals surface area contributed by atoms with Crippen LogP contribution in [0.4, 0.5) is 23.2 Å². The van der Waals surface area contributed by atoms with Gasteiger partial charge in [-0.2, -0.15) is 18.4 Å². The van der Waals surface area contributed by atoms with Crippen molar-refractivity contribution >= 4 is 15.7 Å². The first-order valence-corrected chi connectivity index (χ1v) is 9.63. The second-order valence-corrected chi connectivity index (χ2v) is 7.78. The molecule has 3 rings (SSSR count). The number of aromatic nitrogens is 1. The van der Waals surface area contributed by atoms with Crippen molar-refractivity contribution in [2.75, 3.05) is 4.72 Å². The normalized spacial score (nSPS) is 11.8. The number of alkyl halides is 3. The van der Waals surface area contributed by atoms with Crippen molar-refractivity contribution in [2.24, 2.45) is 0 Å². The van der Waals surface area contributed by atoms with Crippen LogP contribution in [-0.4, -0.2) is 13.4 Å². The minimum atomic E-state index is -4.52. The van der Waals surface area contributed by atoms with Gasteiger partial charge in [0.1, 0.15) is 10.7 Å². The number of rotatable bonds is 5. The van der Waals surface area contributed by atoms with E-state index in [0.717, 1.165) is 30.5 Å². The van der Waals surface area contributed by atoms with Crippen molar-refractivity contribution in [3.8, 4) is 6.07 Å². The Morgan fingerprint density at radius 3 is 2.52 bits per heavy atom. The van der Waals surface area contributed by atoms with E-state index in [0.29, 0.717) is 0 Å². The largest absolute Gasteiger partial charge is 0.416 e. The number of halogens is 4. The minimum Gasteiger partial charge on any atom is -0.366 e. The summed E-state index contributed by atoms with van der Waals surface area (Å²) >= 11 is 0. The smallest absolute Gasteiger partial charge is 0.366 e. The summed E-state index contributed by atoms with van der Waals surface area (Å²) in [5, 5.41) is 8.75. The van der Waals surface area contributed by atoms with Crippen molar-refractivity contribution in [3.05, 3.63) is 82.9 Å². The average Bonchev–Trinajstić information content (AvgIpc) is 3.12. The van der Waals surface area contributed by atoms with Crippen LogP contribution in [0.25, 0.3) is 0 Å². The quantitative estimate of drug-likeness (QED) is 0.595. The summed E-state index contributed by atoms with van der Waals surface area (Å²) in [6, 6.07) is 9.55. The van der Waals surface area contributed by atoms with Gasteiger partial charge in [0.2, 0.25) is 0 Å². The zero-order chi connectivity index (χ0) is 21.2. The summed E-state index contributed by atoms with van der Waals surface area (Å²) < 4.78 is 80.1. The van der Waals surface area contributed by atoms with Crippen LogP contribution in [0.1, 0.15) is 22.3 Å². The van der Waals surface area contributed by atoms with E-state index in [9.17, 15) is 26.0 Å². The molecule has 0 radical (unpaired) electrons. The molecule has 0 atom stereocenters. The molecule has 0 bridgehead atoms. The lowest BCUT2D eigenvalue weighted by molar-refractivity contribution is -0.137. The van der Waals surface area contributed by atoms with Gasteiger partial charge in [0.25, 0.3) is 10.0 Å². The van der Waals surface area contributed by atoms with Gasteiger partial charge in [0, 0.05) is 18.8 Å². The third kappa shape index (κ3) is 4.57. The molecule has 0 aliphatic rings. The summed E-state index contributed by atoms with van der Waals surface area (Å²) in [4.78, 5) is 2.39. The Morgan fingerprint density at radius 1 is 1.10 bits per heavy atom. The van der Waals surface area contributed by atoms with E-state index in [1.54, 1.807) is 6.07 Å². The maximum absolute atomic E-state index is 14.0. The van der Waals surface area contributed by atoms with Crippen LogP contribution in [0.5, 0.6) is 0 Å². The molecule has 1 aromatic heterocycles. The number of hydrogen-bond acceptors (Lipinski definition) is 3. The summed E-state index contributed by atoms with van der Waals surface area (Å²) in [6.45, 7) is 0. The highest BCUT2D eigenvalue weighted by molar-refractivity contribution is 7.92. The number of hydrogen-bond donors (Lipinski definition) is 2. The molecule has 0 saturated carbocycles. The van der Waals surface area contributed by atoms with Gasteiger partial charge in [0.05, 0.1) is 22.9 Å². The lowest BCUT2D eigenvalue weighted by atomic mass is 10.0. The minimum absolute atomic E-state index is 0.0253. The molecule has 2 N–H and O–H groups in total. The first-order chi connectivity index (χ1) is 13.6. The van der Waals surface area contributed by atoms with Crippen LogP contribution in [-0.2, 0) is 22.6 Å². The molecule has 0 fully saturated rings. The van der Waals surface area contributed by atoms with E-state index in [1.165, 1.54) is 24.4 Å². The van der Waals surface area contributed by atoms with Crippen molar-refractivity contribution < 1.29 is 26.0 Å². The molecule has 0 saturated heterocycles. The summed E-state index contributed by atoms with van der Waals surface area (Å²) in [5.74, 6) is -0.928. The Kier molecular flexibility index (Phi) is 5.35. The Morgan fingerprint density at radius 2 is 1.86 bits per heavy atom. The molecular weight excluding hydrogens is 410 g/mol. The highest BCUT2D eigenvalue weighted by Crippen LogP contribution is 2.30. The maximum atomic E-state index is 14.0. The maximum Gasteiger partial charge on any atom is 0.416 e.